The molecule has 7 heteroatoms. The van der Waals surface area contributed by atoms with Gasteiger partial charge in [-0.25, -0.2) is 0 Å². The minimum atomic E-state index is -0.316. The molecular weight excluding hydrogens is 368 g/mol. The summed E-state index contributed by atoms with van der Waals surface area (Å²) in [5, 5.41) is 8.33. The van der Waals surface area contributed by atoms with Gasteiger partial charge in [0, 0.05) is 42.8 Å². The van der Waals surface area contributed by atoms with E-state index < -0.39 is 0 Å². The van der Waals surface area contributed by atoms with Crippen LogP contribution in [0.1, 0.15) is 33.2 Å². The van der Waals surface area contributed by atoms with Crippen LogP contribution in [0.3, 0.4) is 0 Å². The zero-order chi connectivity index (χ0) is 20.6. The van der Waals surface area contributed by atoms with Crippen molar-refractivity contribution in [2.45, 2.75) is 13.5 Å². The molecular formula is C22H20N4O3. The number of carbonyl (C=O) groups excluding carboxylic acids is 3. The number of para-hydroxylation sites is 1. The molecule has 146 valence electrons. The van der Waals surface area contributed by atoms with Gasteiger partial charge in [-0.05, 0) is 42.0 Å². The quantitative estimate of drug-likeness (QED) is 0.604. The van der Waals surface area contributed by atoms with Gasteiger partial charge in [-0.15, -0.1) is 0 Å². The van der Waals surface area contributed by atoms with Crippen molar-refractivity contribution < 1.29 is 14.4 Å². The summed E-state index contributed by atoms with van der Waals surface area (Å²) < 4.78 is 0. The lowest BCUT2D eigenvalue weighted by Crippen LogP contribution is -2.24. The Morgan fingerprint density at radius 2 is 1.66 bits per heavy atom. The zero-order valence-corrected chi connectivity index (χ0v) is 15.8. The Balaban J connectivity index is 1.70. The van der Waals surface area contributed by atoms with Crippen LogP contribution >= 0.6 is 0 Å². The molecule has 1 aromatic heterocycles. The van der Waals surface area contributed by atoms with E-state index in [2.05, 4.69) is 20.9 Å². The largest absolute Gasteiger partial charge is 0.348 e. The molecule has 0 aliphatic carbocycles. The lowest BCUT2D eigenvalue weighted by atomic mass is 10.1. The summed E-state index contributed by atoms with van der Waals surface area (Å²) in [6.07, 6.45) is 3.09. The number of benzene rings is 2. The summed E-state index contributed by atoms with van der Waals surface area (Å²) in [7, 11) is 0. The Bertz CT molecular complexity index is 1030. The van der Waals surface area contributed by atoms with Crippen molar-refractivity contribution in [1.29, 1.82) is 0 Å². The first kappa shape index (κ1) is 19.8. The van der Waals surface area contributed by atoms with E-state index >= 15 is 0 Å². The van der Waals surface area contributed by atoms with E-state index in [1.165, 1.54) is 13.1 Å². The third-order valence-electron chi connectivity index (χ3n) is 4.07. The van der Waals surface area contributed by atoms with Crippen LogP contribution in [0.2, 0.25) is 0 Å². The molecule has 1 heterocycles. The Labute approximate surface area is 168 Å². The highest BCUT2D eigenvalue weighted by molar-refractivity contribution is 6.05. The lowest BCUT2D eigenvalue weighted by molar-refractivity contribution is -0.114. The van der Waals surface area contributed by atoms with Crippen LogP contribution in [0, 0.1) is 0 Å². The molecule has 0 radical (unpaired) electrons. The SMILES string of the molecule is CC(=O)Nc1cccc(C(=O)Nc2ccccc2CNC(=O)c2cccnc2)c1. The first-order valence-electron chi connectivity index (χ1n) is 8.98. The topological polar surface area (TPSA) is 100 Å². The molecule has 0 atom stereocenters. The van der Waals surface area contributed by atoms with Gasteiger partial charge >= 0.3 is 0 Å². The molecule has 0 spiro atoms. The number of carbonyl (C=O) groups is 3. The maximum Gasteiger partial charge on any atom is 0.255 e. The maximum absolute atomic E-state index is 12.6. The third kappa shape index (κ3) is 5.49. The standard InChI is InChI=1S/C22H20N4O3/c1-15(27)25-19-9-4-7-16(12-19)22(29)26-20-10-3-2-6-17(20)14-24-21(28)18-8-5-11-23-13-18/h2-13H,14H2,1H3,(H,24,28)(H,25,27)(H,26,29). The van der Waals surface area contributed by atoms with Crippen molar-refractivity contribution in [3.8, 4) is 0 Å². The number of nitrogens with zero attached hydrogens (tertiary/aromatic N) is 1. The second kappa shape index (κ2) is 9.27. The summed E-state index contributed by atoms with van der Waals surface area (Å²) in [5.41, 5.74) is 2.77. The molecule has 29 heavy (non-hydrogen) atoms. The van der Waals surface area contributed by atoms with E-state index in [4.69, 9.17) is 0 Å². The second-order valence-corrected chi connectivity index (χ2v) is 6.30. The van der Waals surface area contributed by atoms with Crippen molar-refractivity contribution in [2.24, 2.45) is 0 Å². The van der Waals surface area contributed by atoms with Crippen LogP contribution in [0.4, 0.5) is 11.4 Å². The minimum absolute atomic E-state index is 0.211. The fourth-order valence-corrected chi connectivity index (χ4v) is 2.71. The molecule has 2 aromatic carbocycles. The predicted octanol–water partition coefficient (Wildman–Crippen LogP) is 3.22. The molecule has 0 saturated heterocycles. The summed E-state index contributed by atoms with van der Waals surface area (Å²) in [5.74, 6) is -0.775. The summed E-state index contributed by atoms with van der Waals surface area (Å²) in [6, 6.07) is 17.3. The molecule has 3 N–H and O–H groups in total. The van der Waals surface area contributed by atoms with Gasteiger partial charge in [0.05, 0.1) is 5.56 Å². The van der Waals surface area contributed by atoms with Crippen molar-refractivity contribution >= 4 is 29.1 Å². The molecule has 0 aliphatic heterocycles. The Hall–Kier alpha value is -4.00. The number of hydrogen-bond donors (Lipinski definition) is 3. The van der Waals surface area contributed by atoms with Crippen molar-refractivity contribution in [3.05, 3.63) is 89.7 Å². The Kier molecular flexibility index (Phi) is 6.32. The smallest absolute Gasteiger partial charge is 0.255 e. The highest BCUT2D eigenvalue weighted by Crippen LogP contribution is 2.18. The fraction of sp³-hybridized carbons (Fsp3) is 0.0909. The van der Waals surface area contributed by atoms with Crippen LogP contribution in [-0.2, 0) is 11.3 Å². The van der Waals surface area contributed by atoms with Gasteiger partial charge < -0.3 is 16.0 Å². The van der Waals surface area contributed by atoms with Crippen molar-refractivity contribution in [1.82, 2.24) is 10.3 Å². The number of hydrogen-bond acceptors (Lipinski definition) is 4. The summed E-state index contributed by atoms with van der Waals surface area (Å²) >= 11 is 0. The van der Waals surface area contributed by atoms with Crippen LogP contribution in [-0.4, -0.2) is 22.7 Å². The lowest BCUT2D eigenvalue weighted by Gasteiger charge is -2.12. The Morgan fingerprint density at radius 1 is 0.862 bits per heavy atom. The highest BCUT2D eigenvalue weighted by atomic mass is 16.2. The zero-order valence-electron chi connectivity index (χ0n) is 15.8. The van der Waals surface area contributed by atoms with Crippen LogP contribution < -0.4 is 16.0 Å². The third-order valence-corrected chi connectivity index (χ3v) is 4.07. The number of pyridine rings is 1. The fourth-order valence-electron chi connectivity index (χ4n) is 2.71. The number of aromatic nitrogens is 1. The molecule has 0 bridgehead atoms. The van der Waals surface area contributed by atoms with Crippen molar-refractivity contribution in [3.63, 3.8) is 0 Å². The molecule has 3 rings (SSSR count). The van der Waals surface area contributed by atoms with E-state index in [0.29, 0.717) is 22.5 Å². The van der Waals surface area contributed by atoms with Gasteiger partial charge in [-0.3, -0.25) is 19.4 Å². The summed E-state index contributed by atoms with van der Waals surface area (Å²) in [4.78, 5) is 40.0. The van der Waals surface area contributed by atoms with E-state index in [1.54, 1.807) is 54.7 Å². The van der Waals surface area contributed by atoms with Crippen LogP contribution in [0.25, 0.3) is 0 Å². The number of rotatable bonds is 6. The van der Waals surface area contributed by atoms with E-state index in [1.807, 2.05) is 12.1 Å². The maximum atomic E-state index is 12.6. The first-order chi connectivity index (χ1) is 14.0. The van der Waals surface area contributed by atoms with Gasteiger partial charge in [-0.2, -0.15) is 0 Å². The van der Waals surface area contributed by atoms with Crippen LogP contribution in [0.5, 0.6) is 0 Å². The van der Waals surface area contributed by atoms with Gasteiger partial charge in [0.15, 0.2) is 0 Å². The first-order valence-corrected chi connectivity index (χ1v) is 8.98. The van der Waals surface area contributed by atoms with Gasteiger partial charge in [0.25, 0.3) is 11.8 Å². The second-order valence-electron chi connectivity index (χ2n) is 6.30. The molecule has 0 aliphatic rings. The molecule has 7 nitrogen and oxygen atoms in total. The highest BCUT2D eigenvalue weighted by Gasteiger charge is 2.11. The normalized spacial score (nSPS) is 10.1. The number of anilines is 2. The number of amides is 3. The average molecular weight is 388 g/mol. The molecule has 0 fully saturated rings. The van der Waals surface area contributed by atoms with Crippen LogP contribution in [0.15, 0.2) is 73.1 Å². The minimum Gasteiger partial charge on any atom is -0.348 e. The van der Waals surface area contributed by atoms with Gasteiger partial charge in [0.2, 0.25) is 5.91 Å². The van der Waals surface area contributed by atoms with Gasteiger partial charge in [0.1, 0.15) is 0 Å². The Morgan fingerprint density at radius 3 is 2.41 bits per heavy atom. The van der Waals surface area contributed by atoms with E-state index in [9.17, 15) is 14.4 Å². The molecule has 3 amide bonds. The summed E-state index contributed by atoms with van der Waals surface area (Å²) in [6.45, 7) is 1.65. The monoisotopic (exact) mass is 388 g/mol. The average Bonchev–Trinajstić information content (AvgIpc) is 2.73. The van der Waals surface area contributed by atoms with Gasteiger partial charge in [-0.1, -0.05) is 24.3 Å². The molecule has 0 unspecified atom stereocenters. The van der Waals surface area contributed by atoms with E-state index in [0.717, 1.165) is 5.56 Å². The van der Waals surface area contributed by atoms with Crippen molar-refractivity contribution in [2.75, 3.05) is 10.6 Å². The number of nitrogens with one attached hydrogen (secondary N) is 3. The molecule has 3 aromatic rings. The molecule has 0 saturated carbocycles. The van der Waals surface area contributed by atoms with E-state index in [-0.39, 0.29) is 24.3 Å². The predicted molar refractivity (Wildman–Crippen MR) is 111 cm³/mol.